The predicted octanol–water partition coefficient (Wildman–Crippen LogP) is 2.61. The Bertz CT molecular complexity index is 463. The van der Waals surface area contributed by atoms with Gasteiger partial charge in [0.25, 0.3) is 0 Å². The summed E-state index contributed by atoms with van der Waals surface area (Å²) >= 11 is 0. The lowest BCUT2D eigenvalue weighted by molar-refractivity contribution is 0.0198. The molecule has 1 aliphatic heterocycles. The molecule has 0 aromatic carbocycles. The van der Waals surface area contributed by atoms with Crippen molar-refractivity contribution in [2.45, 2.75) is 51.7 Å². The Morgan fingerprint density at radius 2 is 2.09 bits per heavy atom. The molecule has 22 heavy (non-hydrogen) atoms. The fraction of sp³-hybridized carbons (Fsp3) is 0.647. The molecule has 1 saturated heterocycles. The predicted molar refractivity (Wildman–Crippen MR) is 86.8 cm³/mol. The van der Waals surface area contributed by atoms with Gasteiger partial charge in [0.1, 0.15) is 5.60 Å². The smallest absolute Gasteiger partial charge is 0.410 e. The molecule has 0 saturated carbocycles. The van der Waals surface area contributed by atoms with Crippen LogP contribution in [0.5, 0.6) is 0 Å². The highest BCUT2D eigenvalue weighted by atomic mass is 16.6. The maximum Gasteiger partial charge on any atom is 0.410 e. The van der Waals surface area contributed by atoms with Gasteiger partial charge in [0.15, 0.2) is 0 Å². The molecule has 122 valence electrons. The highest BCUT2D eigenvalue weighted by molar-refractivity contribution is 5.68. The van der Waals surface area contributed by atoms with Crippen LogP contribution in [0, 0.1) is 0 Å². The van der Waals surface area contributed by atoms with Crippen LogP contribution in [0.3, 0.4) is 0 Å². The molecule has 2 rings (SSSR count). The number of pyridine rings is 1. The quantitative estimate of drug-likeness (QED) is 0.929. The first-order chi connectivity index (χ1) is 10.4. The van der Waals surface area contributed by atoms with Gasteiger partial charge in [-0.3, -0.25) is 4.98 Å². The summed E-state index contributed by atoms with van der Waals surface area (Å²) in [6.45, 7) is 8.14. The maximum absolute atomic E-state index is 12.0. The first kappa shape index (κ1) is 16.7. The fourth-order valence-corrected chi connectivity index (χ4v) is 2.54. The van der Waals surface area contributed by atoms with Gasteiger partial charge in [0, 0.05) is 44.0 Å². The van der Waals surface area contributed by atoms with Crippen LogP contribution in [0.15, 0.2) is 24.4 Å². The summed E-state index contributed by atoms with van der Waals surface area (Å²) in [4.78, 5) is 18.1. The van der Waals surface area contributed by atoms with Crippen molar-refractivity contribution in [2.75, 3.05) is 19.6 Å². The number of piperidine rings is 1. The average Bonchev–Trinajstić information content (AvgIpc) is 2.47. The van der Waals surface area contributed by atoms with Crippen LogP contribution in [0.2, 0.25) is 0 Å². The lowest BCUT2D eigenvalue weighted by atomic mass is 10.1. The number of nitrogens with one attached hydrogen (secondary N) is 1. The maximum atomic E-state index is 12.0. The normalized spacial score (nSPS) is 16.6. The molecule has 0 radical (unpaired) electrons. The Kier molecular flexibility index (Phi) is 5.77. The fourth-order valence-electron chi connectivity index (χ4n) is 2.54. The highest BCUT2D eigenvalue weighted by Gasteiger charge is 2.26. The van der Waals surface area contributed by atoms with Gasteiger partial charge < -0.3 is 15.0 Å². The van der Waals surface area contributed by atoms with Crippen molar-refractivity contribution in [3.63, 3.8) is 0 Å². The van der Waals surface area contributed by atoms with E-state index in [4.69, 9.17) is 4.74 Å². The van der Waals surface area contributed by atoms with Crippen LogP contribution in [0.4, 0.5) is 4.79 Å². The zero-order chi connectivity index (χ0) is 16.0. The Morgan fingerprint density at radius 3 is 2.68 bits per heavy atom. The standard InChI is InChI=1S/C17H27N3O2/c1-17(2,3)22-16(21)20-12-8-15(9-13-20)19-11-7-14-6-4-5-10-18-14/h4-6,10,15,19H,7-9,11-13H2,1-3H3. The topological polar surface area (TPSA) is 54.5 Å². The number of nitrogens with zero attached hydrogens (tertiary/aromatic N) is 2. The summed E-state index contributed by atoms with van der Waals surface area (Å²) in [6.07, 6.45) is 4.52. The molecule has 1 aliphatic rings. The third-order valence-corrected chi connectivity index (χ3v) is 3.69. The number of carbonyl (C=O) groups excluding carboxylic acids is 1. The summed E-state index contributed by atoms with van der Waals surface area (Å²) in [5.41, 5.74) is 0.690. The van der Waals surface area contributed by atoms with Gasteiger partial charge in [-0.25, -0.2) is 4.79 Å². The third-order valence-electron chi connectivity index (χ3n) is 3.69. The number of likely N-dealkylation sites (tertiary alicyclic amines) is 1. The van der Waals surface area contributed by atoms with Gasteiger partial charge in [-0.15, -0.1) is 0 Å². The Labute approximate surface area is 133 Å². The highest BCUT2D eigenvalue weighted by Crippen LogP contribution is 2.15. The van der Waals surface area contributed by atoms with Crippen molar-refractivity contribution in [3.8, 4) is 0 Å². The summed E-state index contributed by atoms with van der Waals surface area (Å²) in [5, 5.41) is 3.56. The molecule has 1 N–H and O–H groups in total. The van der Waals surface area contributed by atoms with E-state index in [0.29, 0.717) is 6.04 Å². The lowest BCUT2D eigenvalue weighted by Gasteiger charge is -2.33. The van der Waals surface area contributed by atoms with Crippen LogP contribution in [-0.4, -0.2) is 47.3 Å². The minimum atomic E-state index is -0.422. The number of hydrogen-bond donors (Lipinski definition) is 1. The minimum absolute atomic E-state index is 0.195. The summed E-state index contributed by atoms with van der Waals surface area (Å²) < 4.78 is 5.41. The van der Waals surface area contributed by atoms with Crippen LogP contribution < -0.4 is 5.32 Å². The molecule has 1 aromatic rings. The number of carbonyl (C=O) groups is 1. The molecule has 1 fully saturated rings. The van der Waals surface area contributed by atoms with Gasteiger partial charge in [0.05, 0.1) is 0 Å². The molecule has 0 bridgehead atoms. The SMILES string of the molecule is CC(C)(C)OC(=O)N1CCC(NCCc2ccccn2)CC1. The number of ether oxygens (including phenoxy) is 1. The van der Waals surface area contributed by atoms with E-state index >= 15 is 0 Å². The van der Waals surface area contributed by atoms with E-state index in [1.165, 1.54) is 0 Å². The Hall–Kier alpha value is -1.62. The molecule has 5 nitrogen and oxygen atoms in total. The Balaban J connectivity index is 1.66. The van der Waals surface area contributed by atoms with Crippen molar-refractivity contribution in [1.82, 2.24) is 15.2 Å². The van der Waals surface area contributed by atoms with Gasteiger partial charge in [-0.05, 0) is 45.7 Å². The van der Waals surface area contributed by atoms with E-state index in [9.17, 15) is 4.79 Å². The second-order valence-electron chi connectivity index (χ2n) is 6.77. The van der Waals surface area contributed by atoms with Crippen molar-refractivity contribution in [1.29, 1.82) is 0 Å². The van der Waals surface area contributed by atoms with Gasteiger partial charge >= 0.3 is 6.09 Å². The number of hydrogen-bond acceptors (Lipinski definition) is 4. The van der Waals surface area contributed by atoms with E-state index in [1.807, 2.05) is 50.1 Å². The zero-order valence-corrected chi connectivity index (χ0v) is 13.8. The van der Waals surface area contributed by atoms with Crippen LogP contribution in [0.25, 0.3) is 0 Å². The molecule has 0 unspecified atom stereocenters. The lowest BCUT2D eigenvalue weighted by Crippen LogP contribution is -2.46. The molecule has 1 amide bonds. The second kappa shape index (κ2) is 7.58. The molecule has 0 aliphatic carbocycles. The molecular formula is C17H27N3O2. The number of rotatable bonds is 4. The van der Waals surface area contributed by atoms with Crippen molar-refractivity contribution in [3.05, 3.63) is 30.1 Å². The molecule has 0 atom stereocenters. The van der Waals surface area contributed by atoms with Crippen LogP contribution in [-0.2, 0) is 11.2 Å². The second-order valence-corrected chi connectivity index (χ2v) is 6.77. The minimum Gasteiger partial charge on any atom is -0.444 e. The van der Waals surface area contributed by atoms with E-state index < -0.39 is 5.60 Å². The van der Waals surface area contributed by atoms with Gasteiger partial charge in [-0.1, -0.05) is 6.07 Å². The number of aromatic nitrogens is 1. The molecule has 1 aromatic heterocycles. The van der Waals surface area contributed by atoms with Crippen molar-refractivity contribution >= 4 is 6.09 Å². The van der Waals surface area contributed by atoms with E-state index in [2.05, 4.69) is 10.3 Å². The van der Waals surface area contributed by atoms with Gasteiger partial charge in [0.2, 0.25) is 0 Å². The van der Waals surface area contributed by atoms with E-state index in [1.54, 1.807) is 0 Å². The van der Waals surface area contributed by atoms with Crippen molar-refractivity contribution < 1.29 is 9.53 Å². The zero-order valence-electron chi connectivity index (χ0n) is 13.8. The average molecular weight is 305 g/mol. The van der Waals surface area contributed by atoms with Crippen LogP contribution >= 0.6 is 0 Å². The van der Waals surface area contributed by atoms with E-state index in [-0.39, 0.29) is 6.09 Å². The van der Waals surface area contributed by atoms with Crippen molar-refractivity contribution in [2.24, 2.45) is 0 Å². The monoisotopic (exact) mass is 305 g/mol. The molecule has 5 heteroatoms. The Morgan fingerprint density at radius 1 is 1.36 bits per heavy atom. The van der Waals surface area contributed by atoms with Gasteiger partial charge in [-0.2, -0.15) is 0 Å². The summed E-state index contributed by atoms with van der Waals surface area (Å²) in [5.74, 6) is 0. The summed E-state index contributed by atoms with van der Waals surface area (Å²) in [7, 11) is 0. The first-order valence-corrected chi connectivity index (χ1v) is 8.05. The third kappa shape index (κ3) is 5.64. The summed E-state index contributed by atoms with van der Waals surface area (Å²) in [6, 6.07) is 6.47. The molecular weight excluding hydrogens is 278 g/mol. The molecule has 0 spiro atoms. The number of amides is 1. The first-order valence-electron chi connectivity index (χ1n) is 8.05. The van der Waals surface area contributed by atoms with Crippen LogP contribution in [0.1, 0.15) is 39.3 Å². The largest absolute Gasteiger partial charge is 0.444 e. The van der Waals surface area contributed by atoms with E-state index in [0.717, 1.165) is 44.6 Å². The molecule has 2 heterocycles.